The predicted octanol–water partition coefficient (Wildman–Crippen LogP) is 4.05. The number of rotatable bonds is 5. The number of para-hydroxylation sites is 1. The molecule has 152 valence electrons. The van der Waals surface area contributed by atoms with Crippen molar-refractivity contribution >= 4 is 17.6 Å². The zero-order valence-corrected chi connectivity index (χ0v) is 16.2. The van der Waals surface area contributed by atoms with Gasteiger partial charge >= 0.3 is 5.97 Å². The highest BCUT2D eigenvalue weighted by atomic mass is 16.4. The quantitative estimate of drug-likeness (QED) is 0.459. The predicted molar refractivity (Wildman–Crippen MR) is 117 cm³/mol. The molecule has 0 saturated carbocycles. The van der Waals surface area contributed by atoms with Crippen LogP contribution in [0.15, 0.2) is 89.7 Å². The van der Waals surface area contributed by atoms with Crippen molar-refractivity contribution in [1.82, 2.24) is 10.2 Å². The molecule has 3 aromatic carbocycles. The maximum atomic E-state index is 13.2. The Morgan fingerprint density at radius 2 is 1.39 bits per heavy atom. The summed E-state index contributed by atoms with van der Waals surface area (Å²) in [5.74, 6) is -1.92. The lowest BCUT2D eigenvalue weighted by atomic mass is 9.95. The number of benzene rings is 3. The summed E-state index contributed by atoms with van der Waals surface area (Å²) in [4.78, 5) is 37.5. The van der Waals surface area contributed by atoms with Gasteiger partial charge in [-0.05, 0) is 17.7 Å². The molecule has 31 heavy (non-hydrogen) atoms. The molecule has 0 fully saturated rings. The number of anilines is 1. The van der Waals surface area contributed by atoms with Gasteiger partial charge in [0, 0.05) is 11.1 Å². The molecule has 0 saturated heterocycles. The molecular formula is C24H17N3O4. The summed E-state index contributed by atoms with van der Waals surface area (Å²) in [5, 5.41) is 18.6. The fraction of sp³-hybridized carbons (Fsp3) is 0. The molecule has 0 aliphatic heterocycles. The number of nitrogens with one attached hydrogen (secondary N) is 2. The van der Waals surface area contributed by atoms with E-state index < -0.39 is 17.4 Å². The van der Waals surface area contributed by atoms with E-state index in [1.54, 1.807) is 36.4 Å². The molecule has 7 nitrogen and oxygen atoms in total. The Morgan fingerprint density at radius 3 is 2.03 bits per heavy atom. The first-order valence-electron chi connectivity index (χ1n) is 9.43. The zero-order valence-electron chi connectivity index (χ0n) is 16.2. The molecule has 0 unspecified atom stereocenters. The Hall–Kier alpha value is -4.52. The van der Waals surface area contributed by atoms with Gasteiger partial charge in [-0.1, -0.05) is 72.8 Å². The number of hydrogen-bond acceptors (Lipinski definition) is 4. The summed E-state index contributed by atoms with van der Waals surface area (Å²) < 4.78 is 0. The lowest BCUT2D eigenvalue weighted by Crippen LogP contribution is -2.26. The smallest absolute Gasteiger partial charge is 0.337 e. The van der Waals surface area contributed by atoms with Crippen LogP contribution in [0.5, 0.6) is 0 Å². The van der Waals surface area contributed by atoms with Crippen LogP contribution in [-0.2, 0) is 0 Å². The van der Waals surface area contributed by atoms with Gasteiger partial charge in [-0.25, -0.2) is 9.89 Å². The van der Waals surface area contributed by atoms with E-state index in [2.05, 4.69) is 15.5 Å². The summed E-state index contributed by atoms with van der Waals surface area (Å²) in [5.41, 5.74) is 1.34. The Morgan fingerprint density at radius 1 is 0.806 bits per heavy atom. The minimum atomic E-state index is -1.19. The average Bonchev–Trinajstić information content (AvgIpc) is 2.80. The van der Waals surface area contributed by atoms with Crippen molar-refractivity contribution in [1.29, 1.82) is 0 Å². The van der Waals surface area contributed by atoms with Gasteiger partial charge in [0.25, 0.3) is 11.5 Å². The SMILES string of the molecule is O=C(O)c1ccccc1NC(=O)c1c(-c2ccccc2)c(-c2ccccc2)n[nH]c1=O. The molecule has 0 aliphatic carbocycles. The number of aromatic nitrogens is 2. The Bertz CT molecular complexity index is 1320. The number of amides is 1. The zero-order chi connectivity index (χ0) is 21.8. The van der Waals surface area contributed by atoms with Crippen LogP contribution >= 0.6 is 0 Å². The summed E-state index contributed by atoms with van der Waals surface area (Å²) in [6.07, 6.45) is 0. The maximum Gasteiger partial charge on any atom is 0.337 e. The fourth-order valence-corrected chi connectivity index (χ4v) is 3.32. The molecule has 4 aromatic rings. The summed E-state index contributed by atoms with van der Waals surface area (Å²) >= 11 is 0. The lowest BCUT2D eigenvalue weighted by molar-refractivity contribution is 0.0698. The van der Waals surface area contributed by atoms with Gasteiger partial charge < -0.3 is 10.4 Å². The van der Waals surface area contributed by atoms with Gasteiger partial charge in [-0.3, -0.25) is 9.59 Å². The molecule has 0 atom stereocenters. The Balaban J connectivity index is 1.91. The van der Waals surface area contributed by atoms with Crippen molar-refractivity contribution in [2.45, 2.75) is 0 Å². The van der Waals surface area contributed by atoms with Crippen LogP contribution in [0.1, 0.15) is 20.7 Å². The van der Waals surface area contributed by atoms with E-state index in [4.69, 9.17) is 0 Å². The minimum absolute atomic E-state index is 0.0779. The largest absolute Gasteiger partial charge is 0.478 e. The standard InChI is InChI=1S/C24H17N3O4/c28-22(25-18-14-8-7-13-17(18)24(30)31)20-19(15-9-3-1-4-10-15)21(26-27-23(20)29)16-11-5-2-6-12-16/h1-14H,(H,25,28)(H,27,29)(H,30,31). The van der Waals surface area contributed by atoms with Gasteiger partial charge in [-0.15, -0.1) is 0 Å². The summed E-state index contributed by atoms with van der Waals surface area (Å²) in [7, 11) is 0. The Labute approximate surface area is 177 Å². The third-order valence-corrected chi connectivity index (χ3v) is 4.73. The van der Waals surface area contributed by atoms with E-state index in [1.165, 1.54) is 12.1 Å². The number of aromatic carboxylic acids is 1. The lowest BCUT2D eigenvalue weighted by Gasteiger charge is -2.14. The van der Waals surface area contributed by atoms with Crippen LogP contribution in [0.4, 0.5) is 5.69 Å². The highest BCUT2D eigenvalue weighted by Crippen LogP contribution is 2.32. The number of carboxylic acid groups (broad SMARTS) is 1. The highest BCUT2D eigenvalue weighted by molar-refractivity contribution is 6.12. The van der Waals surface area contributed by atoms with E-state index in [0.29, 0.717) is 16.8 Å². The first kappa shape index (κ1) is 19.8. The van der Waals surface area contributed by atoms with Gasteiger partial charge in [0.15, 0.2) is 0 Å². The van der Waals surface area contributed by atoms with Crippen LogP contribution in [0.3, 0.4) is 0 Å². The Kier molecular flexibility index (Phi) is 5.40. The topological polar surface area (TPSA) is 112 Å². The molecule has 0 aliphatic rings. The molecule has 1 amide bonds. The van der Waals surface area contributed by atoms with Gasteiger partial charge in [0.2, 0.25) is 0 Å². The van der Waals surface area contributed by atoms with Crippen LogP contribution < -0.4 is 10.9 Å². The second-order valence-electron chi connectivity index (χ2n) is 6.69. The maximum absolute atomic E-state index is 13.2. The van der Waals surface area contributed by atoms with Gasteiger partial charge in [-0.2, -0.15) is 5.10 Å². The van der Waals surface area contributed by atoms with Crippen LogP contribution in [0.25, 0.3) is 22.4 Å². The number of carbonyl (C=O) groups is 2. The van der Waals surface area contributed by atoms with Crippen molar-refractivity contribution in [2.75, 3.05) is 5.32 Å². The van der Waals surface area contributed by atoms with Crippen molar-refractivity contribution in [2.24, 2.45) is 0 Å². The normalized spacial score (nSPS) is 10.5. The van der Waals surface area contributed by atoms with Gasteiger partial charge in [0.1, 0.15) is 5.56 Å². The van der Waals surface area contributed by atoms with Crippen LogP contribution in [0, 0.1) is 0 Å². The van der Waals surface area contributed by atoms with Crippen LogP contribution in [0.2, 0.25) is 0 Å². The van der Waals surface area contributed by atoms with E-state index in [-0.39, 0.29) is 16.8 Å². The van der Waals surface area contributed by atoms with Crippen molar-refractivity contribution < 1.29 is 14.7 Å². The second kappa shape index (κ2) is 8.46. The van der Waals surface area contributed by atoms with Crippen LogP contribution in [-0.4, -0.2) is 27.2 Å². The summed E-state index contributed by atoms with van der Waals surface area (Å²) in [6, 6.07) is 24.2. The number of carboxylic acids is 1. The molecule has 0 spiro atoms. The molecule has 7 heteroatoms. The monoisotopic (exact) mass is 411 g/mol. The number of hydrogen-bond donors (Lipinski definition) is 3. The average molecular weight is 411 g/mol. The summed E-state index contributed by atoms with van der Waals surface area (Å²) in [6.45, 7) is 0. The fourth-order valence-electron chi connectivity index (χ4n) is 3.32. The second-order valence-corrected chi connectivity index (χ2v) is 6.69. The van der Waals surface area contributed by atoms with Crippen molar-refractivity contribution in [3.8, 4) is 22.4 Å². The molecule has 3 N–H and O–H groups in total. The van der Waals surface area contributed by atoms with Crippen molar-refractivity contribution in [3.05, 3.63) is 106 Å². The van der Waals surface area contributed by atoms with E-state index in [0.717, 1.165) is 5.56 Å². The number of carbonyl (C=O) groups excluding carboxylic acids is 1. The van der Waals surface area contributed by atoms with E-state index >= 15 is 0 Å². The number of H-pyrrole nitrogens is 1. The van der Waals surface area contributed by atoms with E-state index in [1.807, 2.05) is 36.4 Å². The molecule has 4 rings (SSSR count). The minimum Gasteiger partial charge on any atom is -0.478 e. The highest BCUT2D eigenvalue weighted by Gasteiger charge is 2.24. The van der Waals surface area contributed by atoms with Gasteiger partial charge in [0.05, 0.1) is 16.9 Å². The van der Waals surface area contributed by atoms with Crippen molar-refractivity contribution in [3.63, 3.8) is 0 Å². The molecule has 0 radical (unpaired) electrons. The first-order valence-corrected chi connectivity index (χ1v) is 9.43. The first-order chi connectivity index (χ1) is 15.1. The molecule has 1 heterocycles. The molecular weight excluding hydrogens is 394 g/mol. The molecule has 1 aromatic heterocycles. The molecule has 0 bridgehead atoms. The third-order valence-electron chi connectivity index (χ3n) is 4.73. The number of aromatic amines is 1. The van der Waals surface area contributed by atoms with E-state index in [9.17, 15) is 19.5 Å². The number of nitrogens with zero attached hydrogens (tertiary/aromatic N) is 1. The third kappa shape index (κ3) is 3.97.